The third kappa shape index (κ3) is 3.53. The summed E-state index contributed by atoms with van der Waals surface area (Å²) in [6, 6.07) is 2.37. The van der Waals surface area contributed by atoms with E-state index in [0.29, 0.717) is 5.84 Å². The van der Waals surface area contributed by atoms with Crippen molar-refractivity contribution in [2.24, 2.45) is 16.1 Å². The zero-order valence-electron chi connectivity index (χ0n) is 13.3. The van der Waals surface area contributed by atoms with E-state index >= 15 is 0 Å². The molecule has 2 N–H and O–H groups in total. The van der Waals surface area contributed by atoms with Crippen LogP contribution in [0.15, 0.2) is 11.1 Å². The number of hydrogen-bond donors (Lipinski definition) is 1. The lowest BCUT2D eigenvalue weighted by Gasteiger charge is -2.15. The predicted molar refractivity (Wildman–Crippen MR) is 92.7 cm³/mol. The second-order valence-corrected chi connectivity index (χ2v) is 13.9. The fourth-order valence-corrected chi connectivity index (χ4v) is 5.02. The second-order valence-electron chi connectivity index (χ2n) is 7.47. The van der Waals surface area contributed by atoms with E-state index < -0.39 is 8.07 Å². The van der Waals surface area contributed by atoms with Gasteiger partial charge in [-0.05, 0) is 36.9 Å². The Balaban J connectivity index is 2.31. The lowest BCUT2D eigenvalue weighted by atomic mass is 9.96. The summed E-state index contributed by atoms with van der Waals surface area (Å²) < 4.78 is 1.50. The Morgan fingerprint density at radius 3 is 2.55 bits per heavy atom. The minimum Gasteiger partial charge on any atom is -0.383 e. The summed E-state index contributed by atoms with van der Waals surface area (Å²) in [5, 5.41) is 0. The molecule has 2 rings (SSSR count). The minimum atomic E-state index is -1.28. The molecule has 0 aromatic carbocycles. The van der Waals surface area contributed by atoms with Crippen molar-refractivity contribution >= 4 is 29.7 Å². The molecule has 0 amide bonds. The van der Waals surface area contributed by atoms with Gasteiger partial charge in [0.1, 0.15) is 11.9 Å². The fraction of sp³-hybridized carbons (Fsp3) is 0.562. The van der Waals surface area contributed by atoms with Gasteiger partial charge in [0.2, 0.25) is 0 Å². The smallest absolute Gasteiger partial charge is 0.137 e. The number of nitrogens with two attached hydrogens (primary N) is 1. The van der Waals surface area contributed by atoms with E-state index in [9.17, 15) is 0 Å². The molecule has 1 atom stereocenters. The average molecular weight is 305 g/mol. The van der Waals surface area contributed by atoms with Crippen molar-refractivity contribution in [2.45, 2.75) is 52.9 Å². The van der Waals surface area contributed by atoms with E-state index in [4.69, 9.17) is 5.73 Å². The quantitative estimate of drug-likeness (QED) is 0.629. The molecule has 2 nitrogen and oxygen atoms in total. The Kier molecular flexibility index (Phi) is 3.87. The highest BCUT2D eigenvalue weighted by Crippen LogP contribution is 2.24. The number of fused-ring (bicyclic) bond motifs is 1. The first-order valence-electron chi connectivity index (χ1n) is 7.06. The van der Waals surface area contributed by atoms with Crippen LogP contribution in [0.1, 0.15) is 31.2 Å². The Morgan fingerprint density at radius 2 is 2.00 bits per heavy atom. The summed E-state index contributed by atoms with van der Waals surface area (Å²) >= 11 is 1.83. The Hall–Kier alpha value is -1.05. The van der Waals surface area contributed by atoms with E-state index in [1.165, 1.54) is 14.9 Å². The standard InChI is InChI=1S/C16H24N2SSi/c1-16(2,3)8-7-12-9-11-10-13(20(4,5)6)19-14(11)15(17)18-12/h10,12H,9H2,1-6H3,(H2,17,18). The fourth-order valence-electron chi connectivity index (χ4n) is 2.03. The van der Waals surface area contributed by atoms with E-state index in [-0.39, 0.29) is 11.5 Å². The molecule has 1 unspecified atom stereocenters. The van der Waals surface area contributed by atoms with Crippen molar-refractivity contribution in [1.29, 1.82) is 0 Å². The van der Waals surface area contributed by atoms with Gasteiger partial charge in [-0.15, -0.1) is 11.3 Å². The van der Waals surface area contributed by atoms with Crippen molar-refractivity contribution in [3.05, 3.63) is 16.5 Å². The number of hydrogen-bond acceptors (Lipinski definition) is 3. The number of thiophene rings is 1. The van der Waals surface area contributed by atoms with E-state index in [0.717, 1.165) is 6.42 Å². The predicted octanol–water partition coefficient (Wildman–Crippen LogP) is 2.97. The SMILES string of the molecule is CC(C)(C)C#CC1Cc2cc([Si](C)(C)C)sc2C(N)=N1. The topological polar surface area (TPSA) is 38.4 Å². The van der Waals surface area contributed by atoms with Gasteiger partial charge >= 0.3 is 0 Å². The normalized spacial score (nSPS) is 18.9. The van der Waals surface area contributed by atoms with Gasteiger partial charge in [-0.2, -0.15) is 0 Å². The maximum absolute atomic E-state index is 6.14. The van der Waals surface area contributed by atoms with Gasteiger partial charge in [0.15, 0.2) is 0 Å². The molecule has 0 saturated heterocycles. The van der Waals surface area contributed by atoms with Crippen molar-refractivity contribution in [1.82, 2.24) is 0 Å². The third-order valence-electron chi connectivity index (χ3n) is 3.10. The molecule has 0 spiro atoms. The molecule has 0 saturated carbocycles. The molecule has 4 heteroatoms. The summed E-state index contributed by atoms with van der Waals surface area (Å²) in [5.41, 5.74) is 7.50. The van der Waals surface area contributed by atoms with Crippen molar-refractivity contribution in [3.8, 4) is 11.8 Å². The van der Waals surface area contributed by atoms with Crippen LogP contribution in [-0.2, 0) is 6.42 Å². The van der Waals surface area contributed by atoms with E-state index in [1.807, 2.05) is 11.3 Å². The summed E-state index contributed by atoms with van der Waals surface area (Å²) in [4.78, 5) is 5.75. The van der Waals surface area contributed by atoms with Crippen LogP contribution in [0.5, 0.6) is 0 Å². The van der Waals surface area contributed by atoms with Crippen LogP contribution in [0.3, 0.4) is 0 Å². The molecule has 1 aromatic heterocycles. The van der Waals surface area contributed by atoms with E-state index in [1.54, 1.807) is 0 Å². The van der Waals surface area contributed by atoms with Crippen LogP contribution < -0.4 is 10.2 Å². The molecular weight excluding hydrogens is 280 g/mol. The zero-order chi connectivity index (χ0) is 15.1. The number of rotatable bonds is 1. The summed E-state index contributed by atoms with van der Waals surface area (Å²) in [5.74, 6) is 7.23. The summed E-state index contributed by atoms with van der Waals surface area (Å²) in [7, 11) is -1.28. The third-order valence-corrected chi connectivity index (χ3v) is 7.88. The lowest BCUT2D eigenvalue weighted by molar-refractivity contribution is 0.569. The number of amidine groups is 1. The molecule has 0 radical (unpaired) electrons. The molecule has 0 aliphatic carbocycles. The highest BCUT2D eigenvalue weighted by Gasteiger charge is 2.26. The molecular formula is C16H24N2SSi. The molecule has 0 bridgehead atoms. The average Bonchev–Trinajstić information content (AvgIpc) is 2.69. The Morgan fingerprint density at radius 1 is 1.35 bits per heavy atom. The van der Waals surface area contributed by atoms with Gasteiger partial charge in [-0.1, -0.05) is 31.5 Å². The lowest BCUT2D eigenvalue weighted by Crippen LogP contribution is -2.34. The van der Waals surface area contributed by atoms with Crippen LogP contribution in [0.2, 0.25) is 19.6 Å². The summed E-state index contributed by atoms with van der Waals surface area (Å²) in [6.07, 6.45) is 0.903. The Labute approximate surface area is 127 Å². The first kappa shape index (κ1) is 15.3. The van der Waals surface area contributed by atoms with Crippen LogP contribution in [-0.4, -0.2) is 20.0 Å². The first-order chi connectivity index (χ1) is 9.06. The molecule has 108 valence electrons. The van der Waals surface area contributed by atoms with Crippen molar-refractivity contribution in [3.63, 3.8) is 0 Å². The molecule has 20 heavy (non-hydrogen) atoms. The van der Waals surface area contributed by atoms with Crippen LogP contribution in [0, 0.1) is 17.3 Å². The molecule has 1 aromatic rings. The van der Waals surface area contributed by atoms with Gasteiger partial charge in [-0.25, -0.2) is 0 Å². The zero-order valence-corrected chi connectivity index (χ0v) is 15.1. The van der Waals surface area contributed by atoms with Gasteiger partial charge in [-0.3, -0.25) is 4.99 Å². The minimum absolute atomic E-state index is 0.0166. The van der Waals surface area contributed by atoms with Crippen molar-refractivity contribution < 1.29 is 0 Å². The van der Waals surface area contributed by atoms with Gasteiger partial charge in [0, 0.05) is 11.8 Å². The first-order valence-corrected chi connectivity index (χ1v) is 11.4. The molecule has 1 aliphatic heterocycles. The maximum Gasteiger partial charge on any atom is 0.137 e. The highest BCUT2D eigenvalue weighted by molar-refractivity contribution is 7.27. The van der Waals surface area contributed by atoms with Gasteiger partial charge in [0.05, 0.1) is 13.0 Å². The maximum atomic E-state index is 6.14. The van der Waals surface area contributed by atoms with E-state index in [2.05, 4.69) is 63.3 Å². The monoisotopic (exact) mass is 304 g/mol. The number of nitrogens with zero attached hydrogens (tertiary/aromatic N) is 1. The second kappa shape index (κ2) is 5.05. The number of aliphatic imine (C=N–C) groups is 1. The largest absolute Gasteiger partial charge is 0.383 e. The van der Waals surface area contributed by atoms with Crippen LogP contribution in [0.4, 0.5) is 0 Å². The highest BCUT2D eigenvalue weighted by atomic mass is 32.1. The van der Waals surface area contributed by atoms with Crippen LogP contribution >= 0.6 is 11.3 Å². The molecule has 2 heterocycles. The van der Waals surface area contributed by atoms with Gasteiger partial charge < -0.3 is 5.73 Å². The van der Waals surface area contributed by atoms with Gasteiger partial charge in [0.25, 0.3) is 0 Å². The summed E-state index contributed by atoms with van der Waals surface area (Å²) in [6.45, 7) is 13.5. The molecule has 1 aliphatic rings. The van der Waals surface area contributed by atoms with Crippen LogP contribution in [0.25, 0.3) is 0 Å². The molecule has 0 fully saturated rings. The Bertz CT molecular complexity index is 603. The van der Waals surface area contributed by atoms with Crippen molar-refractivity contribution in [2.75, 3.05) is 0 Å².